The second kappa shape index (κ2) is 28.7. The van der Waals surface area contributed by atoms with Gasteiger partial charge < -0.3 is 5.32 Å². The van der Waals surface area contributed by atoms with Gasteiger partial charge in [0.15, 0.2) is 0 Å². The van der Waals surface area contributed by atoms with Gasteiger partial charge in [-0.05, 0) is 153 Å². The molecule has 16 aromatic carbocycles. The summed E-state index contributed by atoms with van der Waals surface area (Å²) in [5.41, 5.74) is 29.4. The maximum absolute atomic E-state index is 5.62. The molecule has 0 saturated carbocycles. The van der Waals surface area contributed by atoms with Crippen molar-refractivity contribution >= 4 is 70.9 Å². The first-order valence-electron chi connectivity index (χ1n) is 37.4. The molecule has 0 amide bonds. The summed E-state index contributed by atoms with van der Waals surface area (Å²) in [6.07, 6.45) is 0. The van der Waals surface area contributed by atoms with Crippen LogP contribution in [0.3, 0.4) is 0 Å². The zero-order chi connectivity index (χ0) is 73.6. The van der Waals surface area contributed by atoms with Crippen molar-refractivity contribution in [1.29, 1.82) is 0 Å². The number of rotatable bonds is 11. The van der Waals surface area contributed by atoms with E-state index in [9.17, 15) is 0 Å². The molecule has 1 unspecified atom stereocenters. The van der Waals surface area contributed by atoms with Gasteiger partial charge >= 0.3 is 0 Å². The highest BCUT2D eigenvalue weighted by molar-refractivity contribution is 9.10. The summed E-state index contributed by atoms with van der Waals surface area (Å²) in [4.78, 5) is 21.3. The Morgan fingerprint density at radius 2 is 0.688 bits per heavy atom. The molecule has 5 nitrogen and oxygen atoms in total. The lowest BCUT2D eigenvalue weighted by Gasteiger charge is -2.26. The Kier molecular flexibility index (Phi) is 17.9. The molecule has 1 atom stereocenters. The van der Waals surface area contributed by atoms with E-state index in [-0.39, 0.29) is 16.7 Å². The van der Waals surface area contributed by atoms with Gasteiger partial charge in [0.1, 0.15) is 5.82 Å². The maximum atomic E-state index is 5.62. The molecule has 2 aromatic heterocycles. The van der Waals surface area contributed by atoms with Gasteiger partial charge in [0.2, 0.25) is 5.95 Å². The van der Waals surface area contributed by atoms with Crippen LogP contribution in [0.25, 0.3) is 133 Å². The smallest absolute Gasteiger partial charge is 0.228 e. The number of nitrogens with zero attached hydrogens (tertiary/aromatic N) is 4. The molecule has 520 valence electrons. The fourth-order valence-corrected chi connectivity index (χ4v) is 17.0. The van der Waals surface area contributed by atoms with Crippen LogP contribution in [-0.4, -0.2) is 19.9 Å². The summed E-state index contributed by atoms with van der Waals surface area (Å²) >= 11 is 3.64. The highest BCUT2D eigenvalue weighted by Gasteiger charge is 2.38. The van der Waals surface area contributed by atoms with Crippen LogP contribution in [0.2, 0.25) is 0 Å². The van der Waals surface area contributed by atoms with Gasteiger partial charge in [-0.3, -0.25) is 0 Å². The fourth-order valence-electron chi connectivity index (χ4n) is 16.5. The summed E-state index contributed by atoms with van der Waals surface area (Å²) in [5.74, 6) is 1.13. The number of halogens is 1. The van der Waals surface area contributed by atoms with Crippen LogP contribution in [0, 0.1) is 0 Å². The van der Waals surface area contributed by atoms with Gasteiger partial charge in [0.05, 0.1) is 28.3 Å². The molecule has 109 heavy (non-hydrogen) atoms. The third-order valence-corrected chi connectivity index (χ3v) is 22.7. The predicted molar refractivity (Wildman–Crippen MR) is 460 cm³/mol. The minimum atomic E-state index is -0.263. The van der Waals surface area contributed by atoms with Crippen LogP contribution in [0.1, 0.15) is 72.8 Å². The monoisotopic (exact) mass is 1460 g/mol. The first-order valence-corrected chi connectivity index (χ1v) is 38.2. The van der Waals surface area contributed by atoms with Crippen LogP contribution in [0.5, 0.6) is 0 Å². The lowest BCUT2D eigenvalue weighted by Crippen LogP contribution is -2.16. The van der Waals surface area contributed by atoms with E-state index in [2.05, 4.69) is 407 Å². The second-order valence-corrected chi connectivity index (χ2v) is 30.2. The predicted octanol–water partition coefficient (Wildman–Crippen LogP) is 27.6. The second-order valence-electron chi connectivity index (χ2n) is 29.3. The Morgan fingerprint density at radius 3 is 1.23 bits per heavy atom. The van der Waals surface area contributed by atoms with Gasteiger partial charge in [-0.1, -0.05) is 377 Å². The van der Waals surface area contributed by atoms with E-state index in [0.29, 0.717) is 5.95 Å². The molecule has 0 fully saturated rings. The summed E-state index contributed by atoms with van der Waals surface area (Å²) in [6, 6.07) is 134. The standard InChI is InChI=1S/C52H38N2.C33H25N3.C18H13Br/c1-52(2)46-25-15-14-24-41(46)42-29-28-39(33-47(42)52)48(43-30-27-38(34-16-6-3-7-17-34)32-45(43)35-18-8-4-9-19-35)51-53-49(37-21-10-5-11-22-37)44-31-26-36-20-12-13-23-40(36)50(44)54-51;1-33(2)28-15-9-8-14-25(28)26-19-17-23(20-29(26)33)34-32-35-30(22-11-4-3-5-12-22)27-18-16-21-10-6-7-13-24(21)31(27)36-32;19-18-12-11-16(14-7-3-1-4-8-14)13-17(18)15-9-5-2-6-10-15/h3-33,48H,1-2H3;3-20H,1-2H3,(H,34,35,36);1-13H. The number of anilines is 2. The van der Waals surface area contributed by atoms with Gasteiger partial charge in [-0.2, -0.15) is 0 Å². The third-order valence-electron chi connectivity index (χ3n) is 22.0. The topological polar surface area (TPSA) is 63.6 Å². The third kappa shape index (κ3) is 12.8. The van der Waals surface area contributed by atoms with Gasteiger partial charge in [0, 0.05) is 53.7 Å². The van der Waals surface area contributed by atoms with Crippen molar-refractivity contribution in [3.8, 4) is 89.3 Å². The number of nitrogens with one attached hydrogen (secondary N) is 1. The van der Waals surface area contributed by atoms with E-state index in [1.807, 2.05) is 18.2 Å². The lowest BCUT2D eigenvalue weighted by molar-refractivity contribution is 0.658. The highest BCUT2D eigenvalue weighted by Crippen LogP contribution is 2.52. The van der Waals surface area contributed by atoms with Gasteiger partial charge in [-0.15, -0.1) is 0 Å². The Hall–Kier alpha value is -13.0. The van der Waals surface area contributed by atoms with Crippen LogP contribution < -0.4 is 5.32 Å². The minimum Gasteiger partial charge on any atom is -0.324 e. The fraction of sp³-hybridized carbons (Fsp3) is 0.0680. The molecular weight excluding hydrogens is 1390 g/mol. The van der Waals surface area contributed by atoms with Crippen molar-refractivity contribution in [2.24, 2.45) is 0 Å². The van der Waals surface area contributed by atoms with Crippen molar-refractivity contribution in [1.82, 2.24) is 19.9 Å². The molecule has 0 aliphatic heterocycles. The number of benzene rings is 16. The summed E-state index contributed by atoms with van der Waals surface area (Å²) in [6.45, 7) is 9.31. The molecule has 2 heterocycles. The lowest BCUT2D eigenvalue weighted by atomic mass is 9.79. The van der Waals surface area contributed by atoms with Crippen molar-refractivity contribution < 1.29 is 0 Å². The Morgan fingerprint density at radius 1 is 0.275 bits per heavy atom. The average molecular weight is 1460 g/mol. The number of hydrogen-bond acceptors (Lipinski definition) is 5. The van der Waals surface area contributed by atoms with Crippen LogP contribution in [-0.2, 0) is 10.8 Å². The molecule has 1 N–H and O–H groups in total. The van der Waals surface area contributed by atoms with E-state index in [4.69, 9.17) is 19.9 Å². The first-order chi connectivity index (χ1) is 53.5. The molecule has 18 aromatic rings. The normalized spacial score (nSPS) is 12.9. The zero-order valence-electron chi connectivity index (χ0n) is 61.0. The van der Waals surface area contributed by atoms with Crippen LogP contribution in [0.4, 0.5) is 11.6 Å². The van der Waals surface area contributed by atoms with Crippen molar-refractivity contribution in [2.75, 3.05) is 5.32 Å². The Labute approximate surface area is 645 Å². The van der Waals surface area contributed by atoms with E-state index in [1.54, 1.807) is 0 Å². The molecule has 0 saturated heterocycles. The minimum absolute atomic E-state index is 0.0563. The summed E-state index contributed by atoms with van der Waals surface area (Å²) in [7, 11) is 0. The molecule has 2 aliphatic rings. The number of fused-ring (bicyclic) bond motifs is 12. The summed E-state index contributed by atoms with van der Waals surface area (Å²) in [5, 5.41) is 10.2. The SMILES string of the molecule is Brc1ccc(-c2ccccc2)cc1-c1ccccc1.CC1(C)c2ccccc2-c2ccc(C(c3nc(-c4ccccc4)c4ccc5ccccc5c4n3)c3ccc(-c4ccccc4)cc3-c3ccccc3)cc21.CC1(C)c2ccccc2-c2ccc(Nc3nc(-c4ccccc4)c4ccc5ccccc5c4n3)cc21. The van der Waals surface area contributed by atoms with Crippen molar-refractivity contribution in [2.45, 2.75) is 44.4 Å². The van der Waals surface area contributed by atoms with Crippen LogP contribution >= 0.6 is 15.9 Å². The summed E-state index contributed by atoms with van der Waals surface area (Å²) < 4.78 is 1.12. The maximum Gasteiger partial charge on any atom is 0.228 e. The van der Waals surface area contributed by atoms with Crippen molar-refractivity contribution in [3.05, 3.63) is 420 Å². The first kappa shape index (κ1) is 67.9. The van der Waals surface area contributed by atoms with Crippen molar-refractivity contribution in [3.63, 3.8) is 0 Å². The largest absolute Gasteiger partial charge is 0.324 e. The quantitative estimate of drug-likeness (QED) is 0.131. The molecule has 0 bridgehead atoms. The van der Waals surface area contributed by atoms with E-state index in [1.165, 1.54) is 111 Å². The molecule has 6 heteroatoms. The van der Waals surface area contributed by atoms with E-state index < -0.39 is 0 Å². The molecule has 0 spiro atoms. The Bertz CT molecular complexity index is 6440. The molecular formula is C103H76BrN5. The molecule has 20 rings (SSSR count). The van der Waals surface area contributed by atoms with E-state index >= 15 is 0 Å². The molecule has 2 aliphatic carbocycles. The van der Waals surface area contributed by atoms with Crippen LogP contribution in [0.15, 0.2) is 381 Å². The average Bonchev–Trinajstić information content (AvgIpc) is 1.73. The zero-order valence-corrected chi connectivity index (χ0v) is 62.6. The van der Waals surface area contributed by atoms with Gasteiger partial charge in [0.25, 0.3) is 0 Å². The highest BCUT2D eigenvalue weighted by atomic mass is 79.9. The molecule has 0 radical (unpaired) electrons. The Balaban J connectivity index is 0.000000130. The number of aromatic nitrogens is 4. The van der Waals surface area contributed by atoms with E-state index in [0.717, 1.165) is 71.1 Å². The van der Waals surface area contributed by atoms with Gasteiger partial charge in [-0.25, -0.2) is 19.9 Å². The number of hydrogen-bond donors (Lipinski definition) is 1.